The molecule has 0 aromatic carbocycles. The number of carbonyl (C=O) groups excluding carboxylic acids is 1. The number of ketones is 1. The summed E-state index contributed by atoms with van der Waals surface area (Å²) in [5.74, 6) is -0.330. The first kappa shape index (κ1) is 15.0. The smallest absolute Gasteiger partial charge is 0.331 e. The number of Topliss-reactive ketones (excluding diaryl/α,β-unsaturated/α-hetero) is 1. The Kier molecular flexibility index (Phi) is 3.52. The molecule has 0 saturated heterocycles. The van der Waals surface area contributed by atoms with Crippen molar-refractivity contribution in [2.45, 2.75) is 39.3 Å². The van der Waals surface area contributed by atoms with Crippen LogP contribution in [0.15, 0.2) is 21.9 Å². The monoisotopic (exact) mass is 312 g/mol. The van der Waals surface area contributed by atoms with Crippen molar-refractivity contribution in [3.05, 3.63) is 55.6 Å². The Balaban J connectivity index is 2.06. The first-order chi connectivity index (χ1) is 10.9. The fourth-order valence-corrected chi connectivity index (χ4v) is 2.69. The molecule has 2 aromatic heterocycles. The minimum Gasteiger partial charge on any atom is -0.362 e. The zero-order valence-corrected chi connectivity index (χ0v) is 12.9. The van der Waals surface area contributed by atoms with Crippen LogP contribution in [0.25, 0.3) is 0 Å². The van der Waals surface area contributed by atoms with Crippen LogP contribution >= 0.6 is 0 Å². The van der Waals surface area contributed by atoms with E-state index in [1.165, 1.54) is 10.8 Å². The number of carbonyl (C=O) groups is 1. The lowest BCUT2D eigenvalue weighted by Crippen LogP contribution is -2.42. The number of aromatic amines is 1. The van der Waals surface area contributed by atoms with Crippen molar-refractivity contribution in [1.29, 1.82) is 5.26 Å². The third kappa shape index (κ3) is 2.63. The lowest BCUT2D eigenvalue weighted by Gasteiger charge is -2.09. The molecule has 0 unspecified atom stereocenters. The average Bonchev–Trinajstić information content (AvgIpc) is 3.28. The van der Waals surface area contributed by atoms with E-state index in [9.17, 15) is 14.4 Å². The zero-order valence-electron chi connectivity index (χ0n) is 12.9. The molecule has 0 bridgehead atoms. The predicted octanol–water partition coefficient (Wildman–Crippen LogP) is 1.04. The first-order valence-corrected chi connectivity index (χ1v) is 7.38. The van der Waals surface area contributed by atoms with E-state index in [-0.39, 0.29) is 23.9 Å². The van der Waals surface area contributed by atoms with Crippen LogP contribution in [-0.4, -0.2) is 19.9 Å². The summed E-state index contributed by atoms with van der Waals surface area (Å²) in [4.78, 5) is 40.2. The van der Waals surface area contributed by atoms with Gasteiger partial charge in [-0.15, -0.1) is 0 Å². The molecule has 3 rings (SSSR count). The molecule has 23 heavy (non-hydrogen) atoms. The van der Waals surface area contributed by atoms with Crippen LogP contribution in [0.4, 0.5) is 0 Å². The van der Waals surface area contributed by atoms with Crippen molar-refractivity contribution in [2.75, 3.05) is 0 Å². The van der Waals surface area contributed by atoms with E-state index < -0.39 is 11.2 Å². The standard InChI is InChI=1S/C16H16N4O3/c1-9-5-13(10(2)18-9)14(21)8-20-15(22)11(6-17)7-19(16(20)23)12-3-4-12/h5,7,12,18H,3-4,8H2,1-2H3. The van der Waals surface area contributed by atoms with Crippen molar-refractivity contribution >= 4 is 5.78 Å². The fraction of sp³-hybridized carbons (Fsp3) is 0.375. The lowest BCUT2D eigenvalue weighted by atomic mass is 10.1. The van der Waals surface area contributed by atoms with Gasteiger partial charge in [-0.05, 0) is 32.8 Å². The Labute approximate surface area is 131 Å². The molecule has 1 N–H and O–H groups in total. The highest BCUT2D eigenvalue weighted by molar-refractivity contribution is 5.97. The van der Waals surface area contributed by atoms with Gasteiger partial charge in [-0.2, -0.15) is 5.26 Å². The van der Waals surface area contributed by atoms with Gasteiger partial charge >= 0.3 is 5.69 Å². The van der Waals surface area contributed by atoms with Crippen molar-refractivity contribution in [2.24, 2.45) is 0 Å². The predicted molar refractivity (Wildman–Crippen MR) is 82.5 cm³/mol. The summed E-state index contributed by atoms with van der Waals surface area (Å²) >= 11 is 0. The van der Waals surface area contributed by atoms with Crippen LogP contribution < -0.4 is 11.2 Å². The number of nitrogens with zero attached hydrogens (tertiary/aromatic N) is 3. The summed E-state index contributed by atoms with van der Waals surface area (Å²) in [5, 5.41) is 9.09. The molecule has 1 aliphatic carbocycles. The number of rotatable bonds is 4. The van der Waals surface area contributed by atoms with Crippen molar-refractivity contribution in [1.82, 2.24) is 14.1 Å². The molecule has 1 aliphatic rings. The highest BCUT2D eigenvalue weighted by Gasteiger charge is 2.27. The molecule has 0 atom stereocenters. The van der Waals surface area contributed by atoms with Crippen molar-refractivity contribution < 1.29 is 4.79 Å². The number of H-pyrrole nitrogens is 1. The Morgan fingerprint density at radius 3 is 2.61 bits per heavy atom. The van der Waals surface area contributed by atoms with Gasteiger partial charge in [-0.25, -0.2) is 4.79 Å². The second kappa shape index (κ2) is 5.39. The fourth-order valence-electron chi connectivity index (χ4n) is 2.69. The van der Waals surface area contributed by atoms with Crippen LogP contribution in [0.2, 0.25) is 0 Å². The SMILES string of the molecule is Cc1cc(C(=O)Cn2c(=O)c(C#N)cn(C3CC3)c2=O)c(C)[nH]1. The minimum atomic E-state index is -0.715. The van der Waals surface area contributed by atoms with E-state index in [0.717, 1.165) is 23.1 Å². The van der Waals surface area contributed by atoms with E-state index in [1.54, 1.807) is 19.1 Å². The second-order valence-corrected chi connectivity index (χ2v) is 5.88. The summed E-state index contributed by atoms with van der Waals surface area (Å²) < 4.78 is 2.25. The summed E-state index contributed by atoms with van der Waals surface area (Å²) in [6, 6.07) is 3.52. The molecule has 0 radical (unpaired) electrons. The molecular weight excluding hydrogens is 296 g/mol. The Hall–Kier alpha value is -2.88. The maximum atomic E-state index is 12.5. The number of aromatic nitrogens is 3. The summed E-state index contributed by atoms with van der Waals surface area (Å²) in [5.41, 5.74) is 0.613. The van der Waals surface area contributed by atoms with Crippen LogP contribution in [0.3, 0.4) is 0 Å². The maximum Gasteiger partial charge on any atom is 0.331 e. The molecule has 1 fully saturated rings. The van der Waals surface area contributed by atoms with Gasteiger partial charge < -0.3 is 4.98 Å². The molecule has 0 aliphatic heterocycles. The third-order valence-electron chi connectivity index (χ3n) is 4.01. The van der Waals surface area contributed by atoms with E-state index >= 15 is 0 Å². The largest absolute Gasteiger partial charge is 0.362 e. The second-order valence-electron chi connectivity index (χ2n) is 5.88. The minimum absolute atomic E-state index is 0.0211. The van der Waals surface area contributed by atoms with Crippen LogP contribution in [0.1, 0.15) is 46.2 Å². The molecule has 2 aromatic rings. The Bertz CT molecular complexity index is 951. The topological polar surface area (TPSA) is 101 Å². The van der Waals surface area contributed by atoms with E-state index in [4.69, 9.17) is 5.26 Å². The lowest BCUT2D eigenvalue weighted by molar-refractivity contribution is 0.0968. The number of nitrogens with one attached hydrogen (secondary N) is 1. The van der Waals surface area contributed by atoms with Gasteiger partial charge in [0.1, 0.15) is 11.6 Å². The molecule has 118 valence electrons. The molecule has 0 amide bonds. The molecule has 1 saturated carbocycles. The van der Waals surface area contributed by atoms with Crippen molar-refractivity contribution in [3.8, 4) is 6.07 Å². The van der Waals surface area contributed by atoms with Gasteiger partial charge in [-0.3, -0.25) is 18.7 Å². The molecule has 7 nitrogen and oxygen atoms in total. The number of nitriles is 1. The average molecular weight is 312 g/mol. The Morgan fingerprint density at radius 2 is 2.09 bits per heavy atom. The maximum absolute atomic E-state index is 12.5. The van der Waals surface area contributed by atoms with E-state index in [2.05, 4.69) is 4.98 Å². The first-order valence-electron chi connectivity index (χ1n) is 7.38. The van der Waals surface area contributed by atoms with Crippen LogP contribution in [0, 0.1) is 25.2 Å². The zero-order chi connectivity index (χ0) is 16.7. The molecule has 0 spiro atoms. The van der Waals surface area contributed by atoms with Gasteiger partial charge in [0, 0.05) is 29.2 Å². The number of aryl methyl sites for hydroxylation is 2. The Morgan fingerprint density at radius 1 is 1.39 bits per heavy atom. The highest BCUT2D eigenvalue weighted by Crippen LogP contribution is 2.33. The van der Waals surface area contributed by atoms with Crippen LogP contribution in [0.5, 0.6) is 0 Å². The van der Waals surface area contributed by atoms with Gasteiger partial charge in [0.25, 0.3) is 5.56 Å². The summed E-state index contributed by atoms with van der Waals surface area (Å²) in [7, 11) is 0. The van der Waals surface area contributed by atoms with Crippen LogP contribution in [-0.2, 0) is 6.54 Å². The van der Waals surface area contributed by atoms with Gasteiger partial charge in [0.15, 0.2) is 5.78 Å². The molecule has 7 heteroatoms. The summed E-state index contributed by atoms with van der Waals surface area (Å²) in [6.07, 6.45) is 2.98. The van der Waals surface area contributed by atoms with E-state index in [1.807, 2.05) is 6.92 Å². The summed E-state index contributed by atoms with van der Waals surface area (Å²) in [6.45, 7) is 3.22. The number of hydrogen-bond acceptors (Lipinski definition) is 4. The van der Waals surface area contributed by atoms with Gasteiger partial charge in [0.2, 0.25) is 0 Å². The van der Waals surface area contributed by atoms with Crippen molar-refractivity contribution in [3.63, 3.8) is 0 Å². The third-order valence-corrected chi connectivity index (χ3v) is 4.01. The molecular formula is C16H16N4O3. The molecule has 2 heterocycles. The van der Waals surface area contributed by atoms with Gasteiger partial charge in [0.05, 0.1) is 6.54 Å². The number of hydrogen-bond donors (Lipinski definition) is 1. The normalized spacial score (nSPS) is 13.8. The van der Waals surface area contributed by atoms with Gasteiger partial charge in [-0.1, -0.05) is 0 Å². The quantitative estimate of drug-likeness (QED) is 0.852. The van der Waals surface area contributed by atoms with E-state index in [0.29, 0.717) is 11.3 Å². The highest BCUT2D eigenvalue weighted by atomic mass is 16.2.